The minimum absolute atomic E-state index is 0.300. The van der Waals surface area contributed by atoms with Crippen LogP contribution < -0.4 is 16.4 Å². The summed E-state index contributed by atoms with van der Waals surface area (Å²) < 4.78 is 0. The molecule has 0 aliphatic carbocycles. The highest BCUT2D eigenvalue weighted by atomic mass is 32.1. The van der Waals surface area contributed by atoms with E-state index in [0.717, 1.165) is 12.0 Å². The Balaban J connectivity index is 1.87. The van der Waals surface area contributed by atoms with E-state index in [1.54, 1.807) is 36.5 Å². The van der Waals surface area contributed by atoms with Crippen molar-refractivity contribution in [2.24, 2.45) is 5.73 Å². The number of benzene rings is 1. The molecule has 0 fully saturated rings. The Morgan fingerprint density at radius 2 is 2.10 bits per heavy atom. The molecule has 6 heteroatoms. The van der Waals surface area contributed by atoms with Crippen LogP contribution >= 0.6 is 11.3 Å². The molecule has 21 heavy (non-hydrogen) atoms. The van der Waals surface area contributed by atoms with Crippen molar-refractivity contribution in [3.63, 3.8) is 0 Å². The molecule has 3 amide bonds. The van der Waals surface area contributed by atoms with E-state index in [9.17, 15) is 9.59 Å². The fraction of sp³-hybridized carbons (Fsp3) is 0.200. The number of primary amides is 1. The quantitative estimate of drug-likeness (QED) is 0.793. The van der Waals surface area contributed by atoms with Crippen LogP contribution in [0.3, 0.4) is 0 Å². The zero-order valence-electron chi connectivity index (χ0n) is 11.7. The van der Waals surface area contributed by atoms with E-state index in [2.05, 4.69) is 10.6 Å². The second-order valence-electron chi connectivity index (χ2n) is 4.60. The Morgan fingerprint density at radius 1 is 1.29 bits per heavy atom. The van der Waals surface area contributed by atoms with Gasteiger partial charge in [0.05, 0.1) is 0 Å². The van der Waals surface area contributed by atoms with Crippen LogP contribution in [0.15, 0.2) is 35.7 Å². The van der Waals surface area contributed by atoms with Gasteiger partial charge < -0.3 is 16.4 Å². The van der Waals surface area contributed by atoms with Crippen LogP contribution in [-0.4, -0.2) is 18.5 Å². The first-order chi connectivity index (χ1) is 10.1. The molecule has 0 spiro atoms. The molecular weight excluding hydrogens is 286 g/mol. The highest BCUT2D eigenvalue weighted by Gasteiger charge is 2.08. The molecule has 0 unspecified atom stereocenters. The fourth-order valence-electron chi connectivity index (χ4n) is 1.89. The van der Waals surface area contributed by atoms with E-state index < -0.39 is 5.91 Å². The fourth-order valence-corrected chi connectivity index (χ4v) is 2.60. The van der Waals surface area contributed by atoms with Crippen molar-refractivity contribution in [2.75, 3.05) is 11.9 Å². The van der Waals surface area contributed by atoms with E-state index >= 15 is 0 Å². The summed E-state index contributed by atoms with van der Waals surface area (Å²) in [5, 5.41) is 7.47. The molecule has 0 radical (unpaired) electrons. The van der Waals surface area contributed by atoms with Gasteiger partial charge in [-0.15, -0.1) is 11.3 Å². The highest BCUT2D eigenvalue weighted by Crippen LogP contribution is 2.14. The third-order valence-electron chi connectivity index (χ3n) is 3.00. The molecule has 0 aliphatic heterocycles. The number of aryl methyl sites for hydroxylation is 1. The molecule has 2 rings (SSSR count). The van der Waals surface area contributed by atoms with Crippen LogP contribution in [-0.2, 0) is 6.42 Å². The van der Waals surface area contributed by atoms with Gasteiger partial charge in [-0.25, -0.2) is 4.79 Å². The van der Waals surface area contributed by atoms with Crippen molar-refractivity contribution in [3.8, 4) is 0 Å². The van der Waals surface area contributed by atoms with E-state index in [1.807, 2.05) is 17.5 Å². The molecule has 2 aromatic rings. The zero-order valence-corrected chi connectivity index (χ0v) is 12.5. The molecule has 4 N–H and O–H groups in total. The third-order valence-corrected chi connectivity index (χ3v) is 3.93. The number of nitrogens with one attached hydrogen (secondary N) is 2. The average molecular weight is 303 g/mol. The summed E-state index contributed by atoms with van der Waals surface area (Å²) in [6.07, 6.45) is 0.797. The molecule has 0 saturated heterocycles. The summed E-state index contributed by atoms with van der Waals surface area (Å²) in [7, 11) is 0. The molecule has 1 aromatic heterocycles. The van der Waals surface area contributed by atoms with Gasteiger partial charge in [-0.1, -0.05) is 12.1 Å². The van der Waals surface area contributed by atoms with Crippen molar-refractivity contribution in [3.05, 3.63) is 51.7 Å². The van der Waals surface area contributed by atoms with Gasteiger partial charge in [0.1, 0.15) is 0 Å². The maximum atomic E-state index is 11.8. The minimum Gasteiger partial charge on any atom is -0.366 e. The molecule has 0 atom stereocenters. The lowest BCUT2D eigenvalue weighted by atomic mass is 10.1. The van der Waals surface area contributed by atoms with Crippen LogP contribution in [0.2, 0.25) is 0 Å². The third kappa shape index (κ3) is 4.32. The molecular formula is C15H17N3O2S. The SMILES string of the molecule is Cc1ccc(NC(=O)NCCc2cccs2)cc1C(N)=O. The van der Waals surface area contributed by atoms with Crippen molar-refractivity contribution < 1.29 is 9.59 Å². The Labute approximate surface area is 127 Å². The molecule has 5 nitrogen and oxygen atoms in total. The Bertz CT molecular complexity index is 638. The number of anilines is 1. The van der Waals surface area contributed by atoms with Crippen molar-refractivity contribution >= 4 is 29.0 Å². The number of thiophene rings is 1. The summed E-state index contributed by atoms with van der Waals surface area (Å²) in [6.45, 7) is 2.35. The lowest BCUT2D eigenvalue weighted by Crippen LogP contribution is -2.30. The maximum Gasteiger partial charge on any atom is 0.319 e. The molecule has 0 aliphatic rings. The van der Waals surface area contributed by atoms with Gasteiger partial charge in [0, 0.05) is 22.7 Å². The first kappa shape index (κ1) is 15.1. The zero-order chi connectivity index (χ0) is 15.2. The summed E-state index contributed by atoms with van der Waals surface area (Å²) >= 11 is 1.66. The predicted molar refractivity (Wildman–Crippen MR) is 84.7 cm³/mol. The average Bonchev–Trinajstić information content (AvgIpc) is 2.94. The van der Waals surface area contributed by atoms with Crippen LogP contribution in [0.5, 0.6) is 0 Å². The summed E-state index contributed by atoms with van der Waals surface area (Å²) in [4.78, 5) is 24.3. The summed E-state index contributed by atoms with van der Waals surface area (Å²) in [5.41, 5.74) is 7.02. The van der Waals surface area contributed by atoms with Gasteiger partial charge in [0.25, 0.3) is 0 Å². The molecule has 0 saturated carbocycles. The van der Waals surface area contributed by atoms with E-state index in [-0.39, 0.29) is 6.03 Å². The molecule has 0 bridgehead atoms. The molecule has 110 valence electrons. The number of hydrogen-bond acceptors (Lipinski definition) is 3. The second kappa shape index (κ2) is 6.90. The second-order valence-corrected chi connectivity index (χ2v) is 5.64. The summed E-state index contributed by atoms with van der Waals surface area (Å²) in [5.74, 6) is -0.505. The Morgan fingerprint density at radius 3 is 2.76 bits per heavy atom. The number of carbonyl (C=O) groups excluding carboxylic acids is 2. The van der Waals surface area contributed by atoms with E-state index in [1.165, 1.54) is 4.88 Å². The lowest BCUT2D eigenvalue weighted by molar-refractivity contribution is 0.0999. The number of nitrogens with two attached hydrogens (primary N) is 1. The van der Waals surface area contributed by atoms with Crippen LogP contribution in [0.25, 0.3) is 0 Å². The number of hydrogen-bond donors (Lipinski definition) is 3. The normalized spacial score (nSPS) is 10.1. The van der Waals surface area contributed by atoms with Gasteiger partial charge in [-0.3, -0.25) is 4.79 Å². The Hall–Kier alpha value is -2.34. The van der Waals surface area contributed by atoms with Crippen molar-refractivity contribution in [2.45, 2.75) is 13.3 Å². The van der Waals surface area contributed by atoms with Crippen LogP contribution in [0.4, 0.5) is 10.5 Å². The first-order valence-electron chi connectivity index (χ1n) is 6.54. The standard InChI is InChI=1S/C15H17N3O2S/c1-10-4-5-11(9-13(10)14(16)19)18-15(20)17-7-6-12-3-2-8-21-12/h2-5,8-9H,6-7H2,1H3,(H2,16,19)(H2,17,18,20). The number of urea groups is 1. The maximum absolute atomic E-state index is 11.8. The Kier molecular flexibility index (Phi) is 4.94. The van der Waals surface area contributed by atoms with Crippen molar-refractivity contribution in [1.82, 2.24) is 5.32 Å². The monoisotopic (exact) mass is 303 g/mol. The van der Waals surface area contributed by atoms with Gasteiger partial charge in [-0.05, 0) is 42.5 Å². The summed E-state index contributed by atoms with van der Waals surface area (Å²) in [6, 6.07) is 8.78. The predicted octanol–water partition coefficient (Wildman–Crippen LogP) is 2.52. The van der Waals surface area contributed by atoms with Crippen LogP contribution in [0, 0.1) is 6.92 Å². The van der Waals surface area contributed by atoms with Crippen molar-refractivity contribution in [1.29, 1.82) is 0 Å². The van der Waals surface area contributed by atoms with Gasteiger partial charge >= 0.3 is 6.03 Å². The largest absolute Gasteiger partial charge is 0.366 e. The number of carbonyl (C=O) groups is 2. The van der Waals surface area contributed by atoms with Gasteiger partial charge in [0.2, 0.25) is 5.91 Å². The highest BCUT2D eigenvalue weighted by molar-refractivity contribution is 7.09. The smallest absolute Gasteiger partial charge is 0.319 e. The topological polar surface area (TPSA) is 84.2 Å². The van der Waals surface area contributed by atoms with Crippen LogP contribution in [0.1, 0.15) is 20.8 Å². The minimum atomic E-state index is -0.505. The van der Waals surface area contributed by atoms with Gasteiger partial charge in [-0.2, -0.15) is 0 Å². The van der Waals surface area contributed by atoms with E-state index in [0.29, 0.717) is 17.8 Å². The molecule has 1 heterocycles. The number of amides is 3. The van der Waals surface area contributed by atoms with E-state index in [4.69, 9.17) is 5.73 Å². The first-order valence-corrected chi connectivity index (χ1v) is 7.42. The molecule has 1 aromatic carbocycles. The number of rotatable bonds is 5. The van der Waals surface area contributed by atoms with Gasteiger partial charge in [0.15, 0.2) is 0 Å². The lowest BCUT2D eigenvalue weighted by Gasteiger charge is -2.09.